The fraction of sp³-hybridized carbons (Fsp3) is 0.724. The molecule has 0 aromatic heterocycles. The van der Waals surface area contributed by atoms with E-state index < -0.39 is 11.9 Å². The highest BCUT2D eigenvalue weighted by Gasteiger charge is 2.18. The first-order valence-corrected chi connectivity index (χ1v) is 15.7. The molecule has 0 aliphatic carbocycles. The molecular weight excluding hydrogens is 476 g/mol. The molecule has 0 aliphatic rings. The van der Waals surface area contributed by atoms with Crippen LogP contribution in [0.15, 0.2) is 34.1 Å². The van der Waals surface area contributed by atoms with E-state index in [1.54, 1.807) is 0 Å². The third-order valence-corrected chi connectivity index (χ3v) is 9.03. The Kier molecular flexibility index (Phi) is 20.1. The molecule has 4 nitrogen and oxygen atoms in total. The van der Waals surface area contributed by atoms with Crippen molar-refractivity contribution >= 4 is 35.5 Å². The van der Waals surface area contributed by atoms with E-state index in [1.165, 1.54) is 107 Å². The standard InChI is InChI=1S/C29H48O4S2/c1-2-25(29(32)33)35-27-22-19-18-21-26(27)34-24-20-16-14-12-10-8-6-4-3-5-7-9-11-13-15-17-23-28(30)31/h18-19,21-22,25H,2-17,20,23-24H2,1H3,(H,30,31)(H,32,33). The summed E-state index contributed by atoms with van der Waals surface area (Å²) in [7, 11) is 0. The summed E-state index contributed by atoms with van der Waals surface area (Å²) in [5.74, 6) is -0.294. The highest BCUT2D eigenvalue weighted by molar-refractivity contribution is 8.03. The number of carbonyl (C=O) groups is 2. The molecule has 0 bridgehead atoms. The van der Waals surface area contributed by atoms with E-state index in [1.807, 2.05) is 36.9 Å². The summed E-state index contributed by atoms with van der Waals surface area (Å²) >= 11 is 3.34. The molecule has 35 heavy (non-hydrogen) atoms. The van der Waals surface area contributed by atoms with Crippen LogP contribution in [-0.4, -0.2) is 33.2 Å². The van der Waals surface area contributed by atoms with Crippen LogP contribution in [-0.2, 0) is 9.59 Å². The third-order valence-electron chi connectivity index (χ3n) is 6.31. The minimum Gasteiger partial charge on any atom is -0.481 e. The predicted molar refractivity (Wildman–Crippen MR) is 151 cm³/mol. The Morgan fingerprint density at radius 1 is 0.686 bits per heavy atom. The SMILES string of the molecule is CCC(Sc1ccccc1SCCCCCCCCCCCCCCCCCCC(=O)O)C(=O)O. The lowest BCUT2D eigenvalue weighted by atomic mass is 10.0. The summed E-state index contributed by atoms with van der Waals surface area (Å²) in [6, 6.07) is 8.21. The zero-order chi connectivity index (χ0) is 25.6. The van der Waals surface area contributed by atoms with Crippen molar-refractivity contribution in [2.75, 3.05) is 5.75 Å². The Labute approximate surface area is 222 Å². The number of carboxylic acids is 2. The van der Waals surface area contributed by atoms with E-state index in [-0.39, 0.29) is 5.25 Å². The average Bonchev–Trinajstić information content (AvgIpc) is 2.84. The van der Waals surface area contributed by atoms with E-state index in [0.717, 1.165) is 23.5 Å². The van der Waals surface area contributed by atoms with Crippen molar-refractivity contribution in [2.24, 2.45) is 0 Å². The van der Waals surface area contributed by atoms with Gasteiger partial charge in [0.05, 0.1) is 0 Å². The maximum atomic E-state index is 11.4. The molecule has 0 radical (unpaired) electrons. The molecule has 1 atom stereocenters. The van der Waals surface area contributed by atoms with Crippen molar-refractivity contribution in [2.45, 2.75) is 138 Å². The third kappa shape index (κ3) is 17.9. The van der Waals surface area contributed by atoms with Crippen LogP contribution >= 0.6 is 23.5 Å². The van der Waals surface area contributed by atoms with Gasteiger partial charge in [-0.1, -0.05) is 109 Å². The minimum atomic E-state index is -0.726. The average molecular weight is 525 g/mol. The maximum Gasteiger partial charge on any atom is 0.316 e. The number of hydrogen-bond acceptors (Lipinski definition) is 4. The summed E-state index contributed by atoms with van der Waals surface area (Å²) in [6.45, 7) is 1.93. The normalized spacial score (nSPS) is 12.0. The van der Waals surface area contributed by atoms with Crippen LogP contribution in [0, 0.1) is 0 Å². The first kappa shape index (κ1) is 31.9. The molecule has 0 saturated heterocycles. The first-order chi connectivity index (χ1) is 17.0. The van der Waals surface area contributed by atoms with Gasteiger partial charge in [0.25, 0.3) is 0 Å². The van der Waals surface area contributed by atoms with Crippen LogP contribution in [0.3, 0.4) is 0 Å². The molecule has 0 fully saturated rings. The van der Waals surface area contributed by atoms with Gasteiger partial charge in [0.2, 0.25) is 0 Å². The van der Waals surface area contributed by atoms with E-state index in [2.05, 4.69) is 6.07 Å². The molecule has 200 valence electrons. The van der Waals surface area contributed by atoms with Gasteiger partial charge in [0, 0.05) is 16.2 Å². The minimum absolute atomic E-state index is 0.324. The van der Waals surface area contributed by atoms with Gasteiger partial charge in [-0.25, -0.2) is 0 Å². The lowest BCUT2D eigenvalue weighted by Gasteiger charge is -2.13. The summed E-state index contributed by atoms with van der Waals surface area (Å²) in [4.78, 5) is 24.1. The molecular formula is C29H48O4S2. The van der Waals surface area contributed by atoms with Crippen LogP contribution in [0.2, 0.25) is 0 Å². The second-order valence-electron chi connectivity index (χ2n) is 9.45. The Morgan fingerprint density at radius 3 is 1.54 bits per heavy atom. The van der Waals surface area contributed by atoms with E-state index in [9.17, 15) is 14.7 Å². The summed E-state index contributed by atoms with van der Waals surface area (Å²) in [5.41, 5.74) is 0. The van der Waals surface area contributed by atoms with Gasteiger partial charge in [-0.15, -0.1) is 23.5 Å². The molecule has 1 unspecified atom stereocenters. The van der Waals surface area contributed by atoms with E-state index >= 15 is 0 Å². The fourth-order valence-electron chi connectivity index (χ4n) is 4.16. The number of thioether (sulfide) groups is 2. The zero-order valence-electron chi connectivity index (χ0n) is 21.8. The predicted octanol–water partition coefficient (Wildman–Crippen LogP) is 9.45. The quantitative estimate of drug-likeness (QED) is 0.104. The van der Waals surface area contributed by atoms with Gasteiger partial charge in [-0.05, 0) is 37.1 Å². The van der Waals surface area contributed by atoms with Crippen LogP contribution in [0.25, 0.3) is 0 Å². The van der Waals surface area contributed by atoms with Crippen molar-refractivity contribution in [3.8, 4) is 0 Å². The van der Waals surface area contributed by atoms with Gasteiger partial charge >= 0.3 is 11.9 Å². The number of aliphatic carboxylic acids is 2. The van der Waals surface area contributed by atoms with Crippen molar-refractivity contribution < 1.29 is 19.8 Å². The Hall–Kier alpha value is -1.14. The molecule has 0 saturated carbocycles. The van der Waals surface area contributed by atoms with Crippen molar-refractivity contribution in [3.63, 3.8) is 0 Å². The number of benzene rings is 1. The first-order valence-electron chi connectivity index (χ1n) is 13.9. The molecule has 1 aromatic carbocycles. The lowest BCUT2D eigenvalue weighted by Crippen LogP contribution is -2.14. The molecule has 1 aromatic rings. The van der Waals surface area contributed by atoms with Crippen LogP contribution in [0.1, 0.15) is 122 Å². The monoisotopic (exact) mass is 524 g/mol. The van der Waals surface area contributed by atoms with Crippen LogP contribution in [0.5, 0.6) is 0 Å². The number of rotatable bonds is 24. The topological polar surface area (TPSA) is 74.6 Å². The van der Waals surface area contributed by atoms with Gasteiger partial charge in [0.15, 0.2) is 0 Å². The summed E-state index contributed by atoms with van der Waals surface area (Å²) in [5, 5.41) is 17.6. The van der Waals surface area contributed by atoms with Gasteiger partial charge in [0.1, 0.15) is 5.25 Å². The largest absolute Gasteiger partial charge is 0.481 e. The van der Waals surface area contributed by atoms with Crippen molar-refractivity contribution in [1.29, 1.82) is 0 Å². The second-order valence-corrected chi connectivity index (χ2v) is 11.8. The van der Waals surface area contributed by atoms with Gasteiger partial charge < -0.3 is 10.2 Å². The van der Waals surface area contributed by atoms with Crippen LogP contribution in [0.4, 0.5) is 0 Å². The van der Waals surface area contributed by atoms with Gasteiger partial charge in [-0.2, -0.15) is 0 Å². The van der Waals surface area contributed by atoms with Gasteiger partial charge in [-0.3, -0.25) is 9.59 Å². The lowest BCUT2D eigenvalue weighted by molar-refractivity contribution is -0.137. The summed E-state index contributed by atoms with van der Waals surface area (Å²) < 4.78 is 0. The molecule has 6 heteroatoms. The highest BCUT2D eigenvalue weighted by Crippen LogP contribution is 2.34. The molecule has 0 spiro atoms. The van der Waals surface area contributed by atoms with E-state index in [0.29, 0.717) is 12.8 Å². The Morgan fingerprint density at radius 2 is 1.11 bits per heavy atom. The zero-order valence-corrected chi connectivity index (χ0v) is 23.5. The van der Waals surface area contributed by atoms with E-state index in [4.69, 9.17) is 5.11 Å². The second kappa shape index (κ2) is 22.1. The molecule has 2 N–H and O–H groups in total. The Balaban J connectivity index is 1.91. The summed E-state index contributed by atoms with van der Waals surface area (Å²) in [6.07, 6.45) is 21.3. The molecule has 0 heterocycles. The molecule has 0 amide bonds. The Bertz CT molecular complexity index is 680. The number of carboxylic acid groups (broad SMARTS) is 2. The van der Waals surface area contributed by atoms with Crippen LogP contribution < -0.4 is 0 Å². The highest BCUT2D eigenvalue weighted by atomic mass is 32.2. The fourth-order valence-corrected chi connectivity index (χ4v) is 6.35. The number of unbranched alkanes of at least 4 members (excludes halogenated alkanes) is 15. The maximum absolute atomic E-state index is 11.4. The molecule has 1 rings (SSSR count). The van der Waals surface area contributed by atoms with Crippen molar-refractivity contribution in [3.05, 3.63) is 24.3 Å². The number of hydrogen-bond donors (Lipinski definition) is 2. The molecule has 0 aliphatic heterocycles. The van der Waals surface area contributed by atoms with Crippen molar-refractivity contribution in [1.82, 2.24) is 0 Å². The smallest absolute Gasteiger partial charge is 0.316 e.